The fourth-order valence-electron chi connectivity index (χ4n) is 5.37. The highest BCUT2D eigenvalue weighted by atomic mass is 32.1. The fourth-order valence-corrected chi connectivity index (χ4v) is 6.36. The van der Waals surface area contributed by atoms with Gasteiger partial charge >= 0.3 is 5.97 Å². The largest absolute Gasteiger partial charge is 0.493 e. The van der Waals surface area contributed by atoms with Gasteiger partial charge in [-0.3, -0.25) is 19.5 Å². The summed E-state index contributed by atoms with van der Waals surface area (Å²) in [4.78, 5) is 43.6. The normalized spacial score (nSPS) is 14.2. The van der Waals surface area contributed by atoms with Crippen molar-refractivity contribution in [2.24, 2.45) is 4.99 Å². The predicted octanol–water partition coefficient (Wildman–Crippen LogP) is 5.57. The zero-order chi connectivity index (χ0) is 33.8. The molecule has 0 fully saturated rings. The number of fused-ring (bicyclic) bond motifs is 1. The molecule has 1 aliphatic heterocycles. The number of carbonyl (C=O) groups is 1. The lowest BCUT2D eigenvalue weighted by molar-refractivity contribution is -0.384. The Morgan fingerprint density at radius 2 is 1.75 bits per heavy atom. The Kier molecular flexibility index (Phi) is 9.26. The molecule has 0 radical (unpaired) electrons. The van der Waals surface area contributed by atoms with Crippen LogP contribution < -0.4 is 24.4 Å². The van der Waals surface area contributed by atoms with E-state index < -0.39 is 28.3 Å². The summed E-state index contributed by atoms with van der Waals surface area (Å²) in [6, 6.07) is 25.1. The molecule has 0 N–H and O–H groups in total. The van der Waals surface area contributed by atoms with Gasteiger partial charge in [-0.2, -0.15) is 0 Å². The van der Waals surface area contributed by atoms with E-state index in [1.54, 1.807) is 43.3 Å². The number of hydrogen-bond donors (Lipinski definition) is 0. The molecule has 4 aromatic carbocycles. The van der Waals surface area contributed by atoms with E-state index in [1.165, 1.54) is 48.1 Å². The van der Waals surface area contributed by atoms with Gasteiger partial charge in [0.2, 0.25) is 0 Å². The minimum absolute atomic E-state index is 0.0346. The van der Waals surface area contributed by atoms with Crippen molar-refractivity contribution in [3.63, 3.8) is 0 Å². The van der Waals surface area contributed by atoms with Crippen LogP contribution in [0.25, 0.3) is 11.8 Å². The number of ether oxygens (including phenoxy) is 3. The summed E-state index contributed by atoms with van der Waals surface area (Å²) in [5, 5.41) is 11.1. The predicted molar refractivity (Wildman–Crippen MR) is 178 cm³/mol. The Balaban J connectivity index is 1.51. The zero-order valence-corrected chi connectivity index (χ0v) is 26.6. The second kappa shape index (κ2) is 13.9. The van der Waals surface area contributed by atoms with Crippen LogP contribution in [0.15, 0.2) is 112 Å². The molecule has 0 spiro atoms. The molecular formula is C36H28FN3O7S. The van der Waals surface area contributed by atoms with Crippen molar-refractivity contribution in [2.75, 3.05) is 13.7 Å². The molecule has 242 valence electrons. The monoisotopic (exact) mass is 665 g/mol. The molecule has 0 saturated heterocycles. The van der Waals surface area contributed by atoms with Gasteiger partial charge in [-0.25, -0.2) is 14.2 Å². The summed E-state index contributed by atoms with van der Waals surface area (Å²) < 4.78 is 33.0. The van der Waals surface area contributed by atoms with Crippen LogP contribution in [0.4, 0.5) is 10.1 Å². The number of aromatic nitrogens is 1. The summed E-state index contributed by atoms with van der Waals surface area (Å²) in [6.45, 7) is 1.87. The van der Waals surface area contributed by atoms with E-state index in [4.69, 9.17) is 19.2 Å². The van der Waals surface area contributed by atoms with Crippen LogP contribution in [-0.4, -0.2) is 29.2 Å². The fraction of sp³-hybridized carbons (Fsp3) is 0.139. The number of rotatable bonds is 10. The highest BCUT2D eigenvalue weighted by Crippen LogP contribution is 2.36. The van der Waals surface area contributed by atoms with Gasteiger partial charge in [-0.05, 0) is 54.5 Å². The number of carbonyl (C=O) groups excluding carboxylic acids is 1. The number of halogens is 1. The van der Waals surface area contributed by atoms with Gasteiger partial charge in [0.1, 0.15) is 12.4 Å². The van der Waals surface area contributed by atoms with Gasteiger partial charge in [-0.1, -0.05) is 65.9 Å². The van der Waals surface area contributed by atoms with E-state index in [9.17, 15) is 24.1 Å². The maximum atomic E-state index is 14.3. The Hall–Kier alpha value is -5.88. The Morgan fingerprint density at radius 1 is 1.02 bits per heavy atom. The summed E-state index contributed by atoms with van der Waals surface area (Å²) >= 11 is 1.13. The second-order valence-corrected chi connectivity index (χ2v) is 11.6. The van der Waals surface area contributed by atoms with Gasteiger partial charge in [0.05, 0.1) is 40.5 Å². The van der Waals surface area contributed by atoms with Crippen molar-refractivity contribution >= 4 is 34.8 Å². The maximum absolute atomic E-state index is 14.3. The average Bonchev–Trinajstić information content (AvgIpc) is 3.41. The van der Waals surface area contributed by atoms with Crippen LogP contribution in [0.5, 0.6) is 11.5 Å². The van der Waals surface area contributed by atoms with Crippen molar-refractivity contribution in [3.05, 3.63) is 161 Å². The number of thiazole rings is 1. The average molecular weight is 666 g/mol. The Labute approximate surface area is 277 Å². The molecule has 0 aliphatic carbocycles. The molecule has 0 saturated carbocycles. The summed E-state index contributed by atoms with van der Waals surface area (Å²) in [5.74, 6) is -0.330. The molecule has 0 amide bonds. The Morgan fingerprint density at radius 3 is 2.42 bits per heavy atom. The van der Waals surface area contributed by atoms with E-state index in [1.807, 2.05) is 30.3 Å². The van der Waals surface area contributed by atoms with Gasteiger partial charge in [-0.15, -0.1) is 0 Å². The highest BCUT2D eigenvalue weighted by molar-refractivity contribution is 7.07. The third kappa shape index (κ3) is 6.38. The lowest BCUT2D eigenvalue weighted by atomic mass is 9.93. The molecular weight excluding hydrogens is 637 g/mol. The third-order valence-corrected chi connectivity index (χ3v) is 8.59. The van der Waals surface area contributed by atoms with Crippen LogP contribution in [0.3, 0.4) is 0 Å². The molecule has 1 aliphatic rings. The lowest BCUT2D eigenvalue weighted by Gasteiger charge is -2.25. The molecule has 0 bridgehead atoms. The van der Waals surface area contributed by atoms with E-state index in [0.29, 0.717) is 48.8 Å². The smallest absolute Gasteiger partial charge is 0.338 e. The minimum atomic E-state index is -0.957. The number of nitrogens with zero attached hydrogens (tertiary/aromatic N) is 3. The quantitative estimate of drug-likeness (QED) is 0.109. The van der Waals surface area contributed by atoms with Crippen molar-refractivity contribution < 1.29 is 28.3 Å². The molecule has 6 rings (SSSR count). The first kappa shape index (κ1) is 32.1. The minimum Gasteiger partial charge on any atom is -0.493 e. The molecule has 2 heterocycles. The zero-order valence-electron chi connectivity index (χ0n) is 25.8. The van der Waals surface area contributed by atoms with Crippen LogP contribution in [0.1, 0.15) is 35.2 Å². The second-order valence-electron chi connectivity index (χ2n) is 10.6. The van der Waals surface area contributed by atoms with Crippen LogP contribution in [-0.2, 0) is 16.1 Å². The first-order chi connectivity index (χ1) is 23.3. The number of nitro benzene ring substituents is 1. The first-order valence-corrected chi connectivity index (χ1v) is 15.7. The molecule has 10 nitrogen and oxygen atoms in total. The van der Waals surface area contributed by atoms with E-state index >= 15 is 0 Å². The van der Waals surface area contributed by atoms with Crippen LogP contribution >= 0.6 is 11.3 Å². The molecule has 0 unspecified atom stereocenters. The molecule has 5 aromatic rings. The molecule has 1 aromatic heterocycles. The number of benzene rings is 4. The number of hydrogen-bond acceptors (Lipinski definition) is 9. The van der Waals surface area contributed by atoms with Gasteiger partial charge in [0.25, 0.3) is 11.2 Å². The number of non-ortho nitro benzene ring substituents is 1. The Bertz CT molecular complexity index is 2210. The summed E-state index contributed by atoms with van der Waals surface area (Å²) in [5.41, 5.74) is 2.43. The van der Waals surface area contributed by atoms with Crippen molar-refractivity contribution in [1.82, 2.24) is 4.57 Å². The first-order valence-electron chi connectivity index (χ1n) is 14.9. The van der Waals surface area contributed by atoms with E-state index in [-0.39, 0.29) is 24.5 Å². The van der Waals surface area contributed by atoms with Crippen molar-refractivity contribution in [3.8, 4) is 11.5 Å². The third-order valence-electron chi connectivity index (χ3n) is 7.61. The van der Waals surface area contributed by atoms with Crippen LogP contribution in [0.2, 0.25) is 0 Å². The van der Waals surface area contributed by atoms with Crippen LogP contribution in [0, 0.1) is 15.9 Å². The molecule has 12 heteroatoms. The number of methoxy groups -OCH3 is 1. The summed E-state index contributed by atoms with van der Waals surface area (Å²) in [7, 11) is 1.50. The molecule has 1 atom stereocenters. The maximum Gasteiger partial charge on any atom is 0.338 e. The molecule has 48 heavy (non-hydrogen) atoms. The lowest BCUT2D eigenvalue weighted by Crippen LogP contribution is -2.40. The highest BCUT2D eigenvalue weighted by Gasteiger charge is 2.35. The van der Waals surface area contributed by atoms with Crippen molar-refractivity contribution in [1.29, 1.82) is 0 Å². The van der Waals surface area contributed by atoms with Gasteiger partial charge in [0.15, 0.2) is 16.3 Å². The van der Waals surface area contributed by atoms with Gasteiger partial charge in [0, 0.05) is 23.3 Å². The van der Waals surface area contributed by atoms with E-state index in [0.717, 1.165) is 11.3 Å². The number of nitro groups is 1. The topological polar surface area (TPSA) is 122 Å². The van der Waals surface area contributed by atoms with Crippen molar-refractivity contribution in [2.45, 2.75) is 19.6 Å². The van der Waals surface area contributed by atoms with E-state index in [2.05, 4.69) is 0 Å². The SMILES string of the molecule is CCOC(=O)C1=C(c2ccccc2)N=c2s/c(=C\c3cccc(OC)c3OCc3ccc([N+](=O)[O-])cc3)c(=O)n2[C@H]1c1ccc(F)cc1. The summed E-state index contributed by atoms with van der Waals surface area (Å²) in [6.07, 6.45) is 1.66. The number of esters is 1. The number of para-hydroxylation sites is 1. The van der Waals surface area contributed by atoms with Gasteiger partial charge < -0.3 is 14.2 Å². The standard InChI is InChI=1S/C36H28FN3O7S/c1-3-46-35(42)30-31(23-8-5-4-6-9-23)38-36-39(32(30)24-14-16-26(37)17-15-24)34(41)29(48-36)20-25-10-7-11-28(45-2)33(25)47-21-22-12-18-27(19-13-22)40(43)44/h4-20,32H,3,21H2,1-2H3/b29-20-/t32-/m0/s1.